The van der Waals surface area contributed by atoms with Gasteiger partial charge in [-0.1, -0.05) is 34.2 Å². The van der Waals surface area contributed by atoms with Crippen LogP contribution in [0.1, 0.15) is 32.1 Å². The normalized spacial score (nSPS) is 41.8. The van der Waals surface area contributed by atoms with Crippen LogP contribution in [-0.2, 0) is 0 Å². The Morgan fingerprint density at radius 2 is 2.17 bits per heavy atom. The smallest absolute Gasteiger partial charge is 0.0344 e. The maximum absolute atomic E-state index is 6.14. The molecule has 0 nitrogen and oxygen atoms in total. The molecule has 0 aromatic carbocycles. The van der Waals surface area contributed by atoms with E-state index in [1.165, 1.54) is 32.1 Å². The molecule has 0 N–H and O–H groups in total. The maximum atomic E-state index is 6.14. The molecule has 0 radical (unpaired) electrons. The van der Waals surface area contributed by atoms with Crippen molar-refractivity contribution in [3.63, 3.8) is 0 Å². The van der Waals surface area contributed by atoms with Gasteiger partial charge in [0.2, 0.25) is 0 Å². The Labute approximate surface area is 92.9 Å². The first-order chi connectivity index (χ1) is 5.75. The molecule has 68 valence electrons. The van der Waals surface area contributed by atoms with Crippen molar-refractivity contribution < 1.29 is 0 Å². The molecule has 12 heavy (non-hydrogen) atoms. The van der Waals surface area contributed by atoms with Crippen molar-refractivity contribution in [2.75, 3.05) is 0 Å². The van der Waals surface area contributed by atoms with Gasteiger partial charge >= 0.3 is 0 Å². The van der Waals surface area contributed by atoms with Crippen molar-refractivity contribution in [1.82, 2.24) is 0 Å². The third-order valence-corrected chi connectivity index (χ3v) is 4.38. The topological polar surface area (TPSA) is 0 Å². The van der Waals surface area contributed by atoms with Crippen LogP contribution < -0.4 is 0 Å². The minimum Gasteiger partial charge on any atom is -0.123 e. The molecule has 0 heterocycles. The zero-order chi connectivity index (χ0) is 8.55. The fraction of sp³-hybridized carbons (Fsp3) is 0.800. The Morgan fingerprint density at radius 3 is 3.00 bits per heavy atom. The van der Waals surface area contributed by atoms with Crippen molar-refractivity contribution in [2.45, 2.75) is 41.4 Å². The van der Waals surface area contributed by atoms with E-state index in [2.05, 4.69) is 28.7 Å². The van der Waals surface area contributed by atoms with Gasteiger partial charge in [-0.2, -0.15) is 0 Å². The van der Waals surface area contributed by atoms with Gasteiger partial charge in [0.15, 0.2) is 0 Å². The fourth-order valence-corrected chi connectivity index (χ4v) is 3.45. The molecule has 2 aliphatic rings. The zero-order valence-corrected chi connectivity index (χ0v) is 10.0. The molecule has 0 saturated heterocycles. The van der Waals surface area contributed by atoms with Crippen LogP contribution in [0.3, 0.4) is 0 Å². The van der Waals surface area contributed by atoms with Crippen LogP contribution in [0.25, 0.3) is 0 Å². The summed E-state index contributed by atoms with van der Waals surface area (Å²) in [6, 6.07) is 0. The largest absolute Gasteiger partial charge is 0.123 e. The van der Waals surface area contributed by atoms with Gasteiger partial charge < -0.3 is 0 Å². The van der Waals surface area contributed by atoms with Crippen LogP contribution in [0.4, 0.5) is 0 Å². The molecule has 0 amide bonds. The molecule has 1 fully saturated rings. The Bertz CT molecular complexity index is 200. The second-order valence-corrected chi connectivity index (χ2v) is 6.12. The lowest BCUT2D eigenvalue weighted by Gasteiger charge is -2.32. The Kier molecular flexibility index (Phi) is 3.00. The van der Waals surface area contributed by atoms with Crippen LogP contribution in [0.2, 0.25) is 0 Å². The van der Waals surface area contributed by atoms with E-state index in [1.54, 1.807) is 5.57 Å². The van der Waals surface area contributed by atoms with E-state index >= 15 is 0 Å². The van der Waals surface area contributed by atoms with Crippen molar-refractivity contribution in [3.8, 4) is 0 Å². The summed E-state index contributed by atoms with van der Waals surface area (Å²) in [7, 11) is 0. The third kappa shape index (κ3) is 1.98. The van der Waals surface area contributed by atoms with Crippen LogP contribution in [0.15, 0.2) is 11.6 Å². The number of hydrogen-bond donors (Lipinski definition) is 0. The van der Waals surface area contributed by atoms with E-state index in [4.69, 9.17) is 11.6 Å². The fourth-order valence-electron chi connectivity index (χ4n) is 2.30. The number of halogens is 2. The van der Waals surface area contributed by atoms with Crippen molar-refractivity contribution in [1.29, 1.82) is 0 Å². The van der Waals surface area contributed by atoms with Crippen LogP contribution >= 0.6 is 34.2 Å². The van der Waals surface area contributed by atoms with Gasteiger partial charge in [0.05, 0.1) is 0 Å². The first-order valence-electron chi connectivity index (χ1n) is 4.74. The molecule has 3 atom stereocenters. The van der Waals surface area contributed by atoms with E-state index in [9.17, 15) is 0 Å². The van der Waals surface area contributed by atoms with Gasteiger partial charge in [0, 0.05) is 9.30 Å². The quantitative estimate of drug-likeness (QED) is 0.361. The molecule has 0 spiro atoms. The summed E-state index contributed by atoms with van der Waals surface area (Å²) in [6.07, 6.45) is 8.92. The summed E-state index contributed by atoms with van der Waals surface area (Å²) >= 11 is 8.69. The first-order valence-corrected chi connectivity index (χ1v) is 6.42. The molecule has 0 aliphatic heterocycles. The molecule has 1 saturated carbocycles. The lowest BCUT2D eigenvalue weighted by Crippen LogP contribution is -2.22. The lowest BCUT2D eigenvalue weighted by atomic mass is 9.77. The highest BCUT2D eigenvalue weighted by Crippen LogP contribution is 2.39. The van der Waals surface area contributed by atoms with E-state index in [0.29, 0.717) is 5.38 Å². The molecule has 2 aliphatic carbocycles. The standard InChI is InChI=1S/C10H14ClI/c11-9-3-1-8-6-10(12)4-2-7(8)5-9/h6-7,9-10H,1-5H2. The number of fused-ring (bicyclic) bond motifs is 1. The van der Waals surface area contributed by atoms with Crippen molar-refractivity contribution in [2.24, 2.45) is 5.92 Å². The Balaban J connectivity index is 2.08. The predicted octanol–water partition coefficient (Wildman–Crippen LogP) is 3.92. The molecular weight excluding hydrogens is 282 g/mol. The summed E-state index contributed by atoms with van der Waals surface area (Å²) in [5.74, 6) is 0.840. The van der Waals surface area contributed by atoms with Crippen LogP contribution in [0, 0.1) is 5.92 Å². The summed E-state index contributed by atoms with van der Waals surface area (Å²) in [5.41, 5.74) is 1.71. The number of allylic oxidation sites excluding steroid dienone is 2. The molecule has 0 aromatic heterocycles. The van der Waals surface area contributed by atoms with E-state index in [-0.39, 0.29) is 0 Å². The van der Waals surface area contributed by atoms with E-state index in [0.717, 1.165) is 9.84 Å². The van der Waals surface area contributed by atoms with Gasteiger partial charge in [0.25, 0.3) is 0 Å². The van der Waals surface area contributed by atoms with Gasteiger partial charge in [-0.05, 0) is 38.0 Å². The molecule has 2 rings (SSSR count). The van der Waals surface area contributed by atoms with Gasteiger partial charge in [-0.15, -0.1) is 11.6 Å². The second-order valence-electron chi connectivity index (χ2n) is 3.90. The molecule has 2 heteroatoms. The summed E-state index contributed by atoms with van der Waals surface area (Å²) < 4.78 is 0.792. The average Bonchev–Trinajstić information content (AvgIpc) is 2.05. The highest BCUT2D eigenvalue weighted by molar-refractivity contribution is 14.1. The summed E-state index contributed by atoms with van der Waals surface area (Å²) in [6.45, 7) is 0. The summed E-state index contributed by atoms with van der Waals surface area (Å²) in [5, 5.41) is 0.456. The maximum Gasteiger partial charge on any atom is 0.0344 e. The van der Waals surface area contributed by atoms with Crippen LogP contribution in [0.5, 0.6) is 0 Å². The van der Waals surface area contributed by atoms with E-state index in [1.807, 2.05) is 0 Å². The molecular formula is C10H14ClI. The molecule has 0 bridgehead atoms. The van der Waals surface area contributed by atoms with Gasteiger partial charge in [0.1, 0.15) is 0 Å². The number of hydrogen-bond acceptors (Lipinski definition) is 0. The molecule has 0 aromatic rings. The minimum atomic E-state index is 0.456. The number of alkyl halides is 2. The van der Waals surface area contributed by atoms with E-state index < -0.39 is 0 Å². The minimum absolute atomic E-state index is 0.456. The highest BCUT2D eigenvalue weighted by atomic mass is 127. The third-order valence-electron chi connectivity index (χ3n) is 3.00. The molecule has 3 unspecified atom stereocenters. The summed E-state index contributed by atoms with van der Waals surface area (Å²) in [4.78, 5) is 0. The predicted molar refractivity (Wildman–Crippen MR) is 62.1 cm³/mol. The zero-order valence-electron chi connectivity index (χ0n) is 7.10. The van der Waals surface area contributed by atoms with Crippen molar-refractivity contribution in [3.05, 3.63) is 11.6 Å². The second kappa shape index (κ2) is 3.87. The van der Waals surface area contributed by atoms with Gasteiger partial charge in [-0.25, -0.2) is 0 Å². The first kappa shape index (κ1) is 9.32. The Morgan fingerprint density at radius 1 is 1.33 bits per heavy atom. The van der Waals surface area contributed by atoms with Crippen LogP contribution in [-0.4, -0.2) is 9.30 Å². The highest BCUT2D eigenvalue weighted by Gasteiger charge is 2.27. The lowest BCUT2D eigenvalue weighted by molar-refractivity contribution is 0.411. The Hall–Kier alpha value is 0.760. The SMILES string of the molecule is ClC1CCC2=CC(I)CCC2C1. The monoisotopic (exact) mass is 296 g/mol. The van der Waals surface area contributed by atoms with Gasteiger partial charge in [-0.3, -0.25) is 0 Å². The average molecular weight is 297 g/mol. The van der Waals surface area contributed by atoms with Crippen molar-refractivity contribution >= 4 is 34.2 Å². The number of rotatable bonds is 0.